The smallest absolute Gasteiger partial charge is 0.229 e. The van der Waals surface area contributed by atoms with Crippen LogP contribution in [0.15, 0.2) is 36.7 Å². The summed E-state index contributed by atoms with van der Waals surface area (Å²) in [6, 6.07) is 7.97. The molecule has 3 aromatic rings. The lowest BCUT2D eigenvalue weighted by Gasteiger charge is -2.45. The molecular formula is C26H37N6O+. The fourth-order valence-electron chi connectivity index (χ4n) is 5.45. The number of carbonyl (C=O) groups excluding carboxylic acids is 1. The van der Waals surface area contributed by atoms with Crippen LogP contribution in [0.4, 0.5) is 5.82 Å². The van der Waals surface area contributed by atoms with E-state index in [2.05, 4.69) is 54.4 Å². The maximum Gasteiger partial charge on any atom is 0.229 e. The number of quaternary nitrogens is 1. The highest BCUT2D eigenvalue weighted by atomic mass is 16.2. The molecule has 1 aliphatic heterocycles. The molecule has 7 nitrogen and oxygen atoms in total. The second kappa shape index (κ2) is 9.59. The van der Waals surface area contributed by atoms with Crippen molar-refractivity contribution in [2.45, 2.75) is 40.5 Å². The molecule has 1 saturated heterocycles. The molecule has 176 valence electrons. The fourth-order valence-corrected chi connectivity index (χ4v) is 5.45. The first-order chi connectivity index (χ1) is 15.7. The van der Waals surface area contributed by atoms with E-state index in [1.165, 1.54) is 13.1 Å². The molecule has 1 aliphatic rings. The number of nitrogens with one attached hydrogen (secondary N) is 1. The van der Waals surface area contributed by atoms with Gasteiger partial charge < -0.3 is 9.80 Å². The van der Waals surface area contributed by atoms with E-state index in [1.54, 1.807) is 4.68 Å². The van der Waals surface area contributed by atoms with Crippen molar-refractivity contribution in [3.05, 3.63) is 36.7 Å². The predicted molar refractivity (Wildman–Crippen MR) is 132 cm³/mol. The summed E-state index contributed by atoms with van der Waals surface area (Å²) in [6.07, 6.45) is 5.69. The summed E-state index contributed by atoms with van der Waals surface area (Å²) < 4.78 is 2.93. The lowest BCUT2D eigenvalue weighted by atomic mass is 9.91. The van der Waals surface area contributed by atoms with E-state index in [-0.39, 0.29) is 11.8 Å². The third-order valence-corrected chi connectivity index (χ3v) is 6.65. The average molecular weight is 450 g/mol. The largest absolute Gasteiger partial charge is 0.323 e. The molecule has 1 N–H and O–H groups in total. The normalized spacial score (nSPS) is 16.6. The molecule has 7 heteroatoms. The van der Waals surface area contributed by atoms with Gasteiger partial charge in [0.2, 0.25) is 5.91 Å². The number of carbonyl (C=O) groups is 1. The molecule has 1 amide bonds. The molecule has 1 fully saturated rings. The molecule has 0 spiro atoms. The Hall–Kier alpha value is -2.80. The van der Waals surface area contributed by atoms with E-state index in [9.17, 15) is 4.79 Å². The summed E-state index contributed by atoms with van der Waals surface area (Å²) in [5, 5.41) is 16.8. The van der Waals surface area contributed by atoms with E-state index in [0.717, 1.165) is 52.4 Å². The summed E-state index contributed by atoms with van der Waals surface area (Å²) in [4.78, 5) is 13.1. The van der Waals surface area contributed by atoms with Crippen molar-refractivity contribution in [3.8, 4) is 11.1 Å². The Bertz CT molecular complexity index is 1100. The van der Waals surface area contributed by atoms with Crippen molar-refractivity contribution < 1.29 is 9.28 Å². The molecule has 0 saturated carbocycles. The van der Waals surface area contributed by atoms with Crippen molar-refractivity contribution in [1.82, 2.24) is 20.0 Å². The van der Waals surface area contributed by atoms with Crippen LogP contribution >= 0.6 is 0 Å². The second-order valence-electron chi connectivity index (χ2n) is 10.6. The Morgan fingerprint density at radius 1 is 1.06 bits per heavy atom. The number of benzene rings is 1. The number of fused-ring (bicyclic) bond motifs is 1. The van der Waals surface area contributed by atoms with Gasteiger partial charge in [-0.1, -0.05) is 33.8 Å². The Labute approximate surface area is 196 Å². The number of piperidine rings is 1. The highest BCUT2D eigenvalue weighted by Crippen LogP contribution is 2.28. The molecule has 0 atom stereocenters. The first-order valence-corrected chi connectivity index (χ1v) is 12.2. The maximum absolute atomic E-state index is 13.1. The minimum Gasteiger partial charge on any atom is -0.323 e. The molecule has 3 heterocycles. The van der Waals surface area contributed by atoms with Gasteiger partial charge in [0.1, 0.15) is 0 Å². The van der Waals surface area contributed by atoms with Gasteiger partial charge in [0.25, 0.3) is 0 Å². The van der Waals surface area contributed by atoms with Crippen LogP contribution in [-0.4, -0.2) is 56.5 Å². The van der Waals surface area contributed by atoms with E-state index in [1.807, 2.05) is 37.6 Å². The number of aromatic nitrogens is 4. The highest BCUT2D eigenvalue weighted by Gasteiger charge is 2.37. The van der Waals surface area contributed by atoms with E-state index in [4.69, 9.17) is 0 Å². The monoisotopic (exact) mass is 449 g/mol. The average Bonchev–Trinajstić information content (AvgIpc) is 3.19. The molecule has 0 aliphatic carbocycles. The van der Waals surface area contributed by atoms with Crippen molar-refractivity contribution in [2.75, 3.05) is 31.5 Å². The minimum absolute atomic E-state index is 0.0369. The summed E-state index contributed by atoms with van der Waals surface area (Å²) in [5.41, 5.74) is 2.92. The summed E-state index contributed by atoms with van der Waals surface area (Å²) >= 11 is 0. The molecule has 0 unspecified atom stereocenters. The number of anilines is 1. The highest BCUT2D eigenvalue weighted by molar-refractivity contribution is 5.94. The zero-order valence-corrected chi connectivity index (χ0v) is 20.6. The number of hydrogen-bond donors (Lipinski definition) is 1. The van der Waals surface area contributed by atoms with Gasteiger partial charge >= 0.3 is 0 Å². The van der Waals surface area contributed by atoms with E-state index >= 15 is 0 Å². The summed E-state index contributed by atoms with van der Waals surface area (Å²) in [7, 11) is 1.91. The van der Waals surface area contributed by atoms with Gasteiger partial charge in [-0.3, -0.25) is 9.48 Å². The number of hydrogen-bond acceptors (Lipinski definition) is 4. The van der Waals surface area contributed by atoms with Crippen LogP contribution in [0.2, 0.25) is 0 Å². The lowest BCUT2D eigenvalue weighted by molar-refractivity contribution is -0.938. The Morgan fingerprint density at radius 2 is 1.76 bits per heavy atom. The van der Waals surface area contributed by atoms with Crippen LogP contribution in [0.3, 0.4) is 0 Å². The van der Waals surface area contributed by atoms with Gasteiger partial charge in [-0.15, -0.1) is 10.2 Å². The van der Waals surface area contributed by atoms with Crippen molar-refractivity contribution in [2.24, 2.45) is 24.8 Å². The Kier molecular flexibility index (Phi) is 6.79. The second-order valence-corrected chi connectivity index (χ2v) is 10.6. The van der Waals surface area contributed by atoms with Gasteiger partial charge in [-0.25, -0.2) is 0 Å². The van der Waals surface area contributed by atoms with Gasteiger partial charge in [0, 0.05) is 54.8 Å². The van der Waals surface area contributed by atoms with E-state index < -0.39 is 0 Å². The third kappa shape index (κ3) is 5.58. The predicted octanol–water partition coefficient (Wildman–Crippen LogP) is 4.51. The van der Waals surface area contributed by atoms with Gasteiger partial charge in [0.05, 0.1) is 37.9 Å². The maximum atomic E-state index is 13.1. The lowest BCUT2D eigenvalue weighted by Crippen LogP contribution is -2.57. The number of nitrogens with zero attached hydrogens (tertiary/aromatic N) is 5. The quantitative estimate of drug-likeness (QED) is 0.539. The minimum atomic E-state index is 0.0369. The van der Waals surface area contributed by atoms with Crippen molar-refractivity contribution in [1.29, 1.82) is 0 Å². The van der Waals surface area contributed by atoms with Crippen molar-refractivity contribution in [3.63, 3.8) is 0 Å². The van der Waals surface area contributed by atoms with Crippen LogP contribution in [0, 0.1) is 17.8 Å². The number of amides is 1. The first kappa shape index (κ1) is 23.4. The number of aryl methyl sites for hydroxylation is 1. The molecule has 4 rings (SSSR count). The van der Waals surface area contributed by atoms with Gasteiger partial charge in [-0.2, -0.15) is 5.10 Å². The Balaban J connectivity index is 1.44. The van der Waals surface area contributed by atoms with Crippen LogP contribution < -0.4 is 5.32 Å². The first-order valence-electron chi connectivity index (χ1n) is 12.2. The third-order valence-electron chi connectivity index (χ3n) is 6.65. The van der Waals surface area contributed by atoms with E-state index in [0.29, 0.717) is 17.7 Å². The topological polar surface area (TPSA) is 72.7 Å². The van der Waals surface area contributed by atoms with Crippen LogP contribution in [0.1, 0.15) is 40.5 Å². The van der Waals surface area contributed by atoms with Crippen LogP contribution in [-0.2, 0) is 11.8 Å². The zero-order valence-electron chi connectivity index (χ0n) is 20.6. The molecular weight excluding hydrogens is 412 g/mol. The molecule has 33 heavy (non-hydrogen) atoms. The number of rotatable bonds is 7. The van der Waals surface area contributed by atoms with Gasteiger partial charge in [0.15, 0.2) is 5.82 Å². The van der Waals surface area contributed by atoms with Crippen LogP contribution in [0.25, 0.3) is 22.0 Å². The standard InChI is InChI=1S/C26H36N6O/c1-18(2)16-32(17-19(3)4)10-8-20(9-11-32)26(33)28-25-13-22-12-21(6-7-24(22)29-30-25)23-14-27-31(5)15-23/h6-7,12-15,18-20H,8-11,16-17H2,1-5H3/p+1. The fraction of sp³-hybridized carbons (Fsp3) is 0.538. The molecule has 2 aromatic heterocycles. The van der Waals surface area contributed by atoms with Gasteiger partial charge in [-0.05, 0) is 23.8 Å². The zero-order chi connectivity index (χ0) is 23.6. The molecule has 0 bridgehead atoms. The molecule has 0 radical (unpaired) electrons. The summed E-state index contributed by atoms with van der Waals surface area (Å²) in [5.74, 6) is 1.96. The van der Waals surface area contributed by atoms with Crippen LogP contribution in [0.5, 0.6) is 0 Å². The Morgan fingerprint density at radius 3 is 2.36 bits per heavy atom. The SMILES string of the molecule is CC(C)C[N+]1(CC(C)C)CCC(C(=O)Nc2cc3cc(-c4cnn(C)c4)ccc3nn2)CC1. The van der Waals surface area contributed by atoms with Crippen molar-refractivity contribution >= 4 is 22.6 Å². The number of likely N-dealkylation sites (tertiary alicyclic amines) is 1. The molecule has 1 aromatic carbocycles. The summed E-state index contributed by atoms with van der Waals surface area (Å²) in [6.45, 7) is 13.8.